The number of hydrogen-bond donors (Lipinski definition) is 2. The van der Waals surface area contributed by atoms with Gasteiger partial charge < -0.3 is 15.3 Å². The number of rotatable bonds is 5. The maximum Gasteiger partial charge on any atom is 0.354 e. The first-order valence-electron chi connectivity index (χ1n) is 5.83. The zero-order chi connectivity index (χ0) is 14.4. The predicted octanol–water partition coefficient (Wildman–Crippen LogP) is 2.21. The minimum absolute atomic E-state index is 0.0317. The number of carboxylic acid groups (broad SMARTS) is 1. The Morgan fingerprint density at radius 2 is 2.21 bits per heavy atom. The number of aromatic nitrogens is 1. The monoisotopic (exact) mass is 263 g/mol. The van der Waals surface area contributed by atoms with Crippen LogP contribution >= 0.6 is 0 Å². The standard InChI is InChI=1S/C13H17N3O3/c1-4-7-16(9(2)3)13(19)15-10-5-6-11(12(17)18)14-8-10/h4-6,8-9H,1,7H2,2-3H3,(H,15,19)(H,17,18). The number of hydrogen-bond acceptors (Lipinski definition) is 3. The molecule has 0 aromatic carbocycles. The zero-order valence-corrected chi connectivity index (χ0v) is 11.0. The van der Waals surface area contributed by atoms with Crippen molar-refractivity contribution in [3.63, 3.8) is 0 Å². The van der Waals surface area contributed by atoms with E-state index in [9.17, 15) is 9.59 Å². The van der Waals surface area contributed by atoms with Gasteiger partial charge in [-0.15, -0.1) is 6.58 Å². The molecule has 0 atom stereocenters. The average molecular weight is 263 g/mol. The minimum atomic E-state index is -1.10. The van der Waals surface area contributed by atoms with Crippen LogP contribution in [0.25, 0.3) is 0 Å². The van der Waals surface area contributed by atoms with E-state index in [-0.39, 0.29) is 17.8 Å². The Bertz CT molecular complexity index is 469. The summed E-state index contributed by atoms with van der Waals surface area (Å²) in [6, 6.07) is 2.59. The largest absolute Gasteiger partial charge is 0.477 e. The maximum absolute atomic E-state index is 12.0. The lowest BCUT2D eigenvalue weighted by atomic mass is 10.3. The van der Waals surface area contributed by atoms with Gasteiger partial charge in [0, 0.05) is 12.6 Å². The predicted molar refractivity (Wildman–Crippen MR) is 72.3 cm³/mol. The average Bonchev–Trinajstić information content (AvgIpc) is 2.36. The molecule has 0 radical (unpaired) electrons. The molecule has 0 aliphatic carbocycles. The van der Waals surface area contributed by atoms with Crippen LogP contribution in [0.2, 0.25) is 0 Å². The Hall–Kier alpha value is -2.37. The van der Waals surface area contributed by atoms with Crippen LogP contribution < -0.4 is 5.32 Å². The third-order valence-corrected chi connectivity index (χ3v) is 2.44. The van der Waals surface area contributed by atoms with Gasteiger partial charge in [0.2, 0.25) is 0 Å². The molecule has 0 saturated carbocycles. The number of anilines is 1. The van der Waals surface area contributed by atoms with E-state index in [0.717, 1.165) is 0 Å². The lowest BCUT2D eigenvalue weighted by molar-refractivity contribution is 0.0690. The van der Waals surface area contributed by atoms with Gasteiger partial charge in [-0.3, -0.25) is 0 Å². The van der Waals surface area contributed by atoms with Crippen molar-refractivity contribution in [3.8, 4) is 0 Å². The van der Waals surface area contributed by atoms with Gasteiger partial charge in [0.1, 0.15) is 5.69 Å². The molecular weight excluding hydrogens is 246 g/mol. The van der Waals surface area contributed by atoms with Crippen LogP contribution in [0.4, 0.5) is 10.5 Å². The van der Waals surface area contributed by atoms with E-state index in [4.69, 9.17) is 5.11 Å². The normalized spacial score (nSPS) is 10.1. The Labute approximate surface area is 111 Å². The Morgan fingerprint density at radius 1 is 1.53 bits per heavy atom. The van der Waals surface area contributed by atoms with Crippen molar-refractivity contribution in [2.24, 2.45) is 0 Å². The van der Waals surface area contributed by atoms with Crippen molar-refractivity contribution >= 4 is 17.7 Å². The molecule has 1 aromatic heterocycles. The topological polar surface area (TPSA) is 82.5 Å². The summed E-state index contributed by atoms with van der Waals surface area (Å²) in [5.74, 6) is -1.10. The summed E-state index contributed by atoms with van der Waals surface area (Å²) < 4.78 is 0. The van der Waals surface area contributed by atoms with Crippen LogP contribution in [-0.2, 0) is 0 Å². The van der Waals surface area contributed by atoms with Gasteiger partial charge in [-0.05, 0) is 26.0 Å². The maximum atomic E-state index is 12.0. The molecule has 1 heterocycles. The first-order valence-corrected chi connectivity index (χ1v) is 5.83. The minimum Gasteiger partial charge on any atom is -0.477 e. The van der Waals surface area contributed by atoms with Crippen LogP contribution in [-0.4, -0.2) is 39.6 Å². The van der Waals surface area contributed by atoms with Crippen molar-refractivity contribution in [1.82, 2.24) is 9.88 Å². The van der Waals surface area contributed by atoms with E-state index in [2.05, 4.69) is 16.9 Å². The van der Waals surface area contributed by atoms with Crippen molar-refractivity contribution in [2.75, 3.05) is 11.9 Å². The lowest BCUT2D eigenvalue weighted by Gasteiger charge is -2.25. The van der Waals surface area contributed by atoms with Gasteiger partial charge in [0.05, 0.1) is 11.9 Å². The number of aromatic carboxylic acids is 1. The highest BCUT2D eigenvalue weighted by Gasteiger charge is 2.15. The van der Waals surface area contributed by atoms with Crippen LogP contribution in [0.3, 0.4) is 0 Å². The van der Waals surface area contributed by atoms with E-state index in [1.54, 1.807) is 11.0 Å². The quantitative estimate of drug-likeness (QED) is 0.798. The molecule has 1 rings (SSSR count). The Balaban J connectivity index is 2.75. The van der Waals surface area contributed by atoms with Gasteiger partial charge in [-0.2, -0.15) is 0 Å². The first-order chi connectivity index (χ1) is 8.95. The second kappa shape index (κ2) is 6.53. The van der Waals surface area contributed by atoms with E-state index < -0.39 is 5.97 Å². The molecule has 0 saturated heterocycles. The SMILES string of the molecule is C=CCN(C(=O)Nc1ccc(C(=O)O)nc1)C(C)C. The van der Waals surface area contributed by atoms with Crippen molar-refractivity contribution < 1.29 is 14.7 Å². The Morgan fingerprint density at radius 3 is 2.63 bits per heavy atom. The summed E-state index contributed by atoms with van der Waals surface area (Å²) in [5.41, 5.74) is 0.384. The molecule has 1 aromatic rings. The molecule has 19 heavy (non-hydrogen) atoms. The molecule has 6 nitrogen and oxygen atoms in total. The van der Waals surface area contributed by atoms with Crippen LogP contribution in [0.1, 0.15) is 24.3 Å². The van der Waals surface area contributed by atoms with Crippen LogP contribution in [0, 0.1) is 0 Å². The Kier molecular flexibility index (Phi) is 5.05. The zero-order valence-electron chi connectivity index (χ0n) is 11.0. The molecule has 2 amide bonds. The molecule has 102 valence electrons. The van der Waals surface area contributed by atoms with Gasteiger partial charge in [-0.25, -0.2) is 14.6 Å². The number of urea groups is 1. The number of amides is 2. The molecular formula is C13H17N3O3. The fourth-order valence-corrected chi connectivity index (χ4v) is 1.46. The second-order valence-corrected chi connectivity index (χ2v) is 4.20. The van der Waals surface area contributed by atoms with Crippen LogP contribution in [0.5, 0.6) is 0 Å². The summed E-state index contributed by atoms with van der Waals surface area (Å²) in [4.78, 5) is 28.0. The molecule has 2 N–H and O–H groups in total. The van der Waals surface area contributed by atoms with E-state index in [1.165, 1.54) is 18.3 Å². The van der Waals surface area contributed by atoms with Gasteiger partial charge >= 0.3 is 12.0 Å². The molecule has 0 aliphatic heterocycles. The number of nitrogens with one attached hydrogen (secondary N) is 1. The lowest BCUT2D eigenvalue weighted by Crippen LogP contribution is -2.40. The second-order valence-electron chi connectivity index (χ2n) is 4.20. The fourth-order valence-electron chi connectivity index (χ4n) is 1.46. The van der Waals surface area contributed by atoms with E-state index in [0.29, 0.717) is 12.2 Å². The fraction of sp³-hybridized carbons (Fsp3) is 0.308. The summed E-state index contributed by atoms with van der Waals surface area (Å²) in [5, 5.41) is 11.4. The highest BCUT2D eigenvalue weighted by atomic mass is 16.4. The van der Waals surface area contributed by atoms with Crippen molar-refractivity contribution in [3.05, 3.63) is 36.7 Å². The van der Waals surface area contributed by atoms with Gasteiger partial charge in [-0.1, -0.05) is 6.08 Å². The number of carboxylic acids is 1. The smallest absolute Gasteiger partial charge is 0.354 e. The number of nitrogens with zero attached hydrogens (tertiary/aromatic N) is 2. The summed E-state index contributed by atoms with van der Waals surface area (Å²) in [6.07, 6.45) is 2.96. The third-order valence-electron chi connectivity index (χ3n) is 2.44. The molecule has 6 heteroatoms. The number of pyridine rings is 1. The van der Waals surface area contributed by atoms with Crippen LogP contribution in [0.15, 0.2) is 31.0 Å². The molecule has 0 bridgehead atoms. The summed E-state index contributed by atoms with van der Waals surface area (Å²) in [6.45, 7) is 7.83. The number of carbonyl (C=O) groups is 2. The van der Waals surface area contributed by atoms with Crippen molar-refractivity contribution in [2.45, 2.75) is 19.9 Å². The molecule has 0 fully saturated rings. The van der Waals surface area contributed by atoms with E-state index >= 15 is 0 Å². The molecule has 0 aliphatic rings. The third kappa shape index (κ3) is 4.09. The summed E-state index contributed by atoms with van der Waals surface area (Å²) in [7, 11) is 0. The summed E-state index contributed by atoms with van der Waals surface area (Å²) >= 11 is 0. The van der Waals surface area contributed by atoms with E-state index in [1.807, 2.05) is 13.8 Å². The number of carbonyl (C=O) groups excluding carboxylic acids is 1. The first kappa shape index (κ1) is 14.7. The van der Waals surface area contributed by atoms with Gasteiger partial charge in [0.25, 0.3) is 0 Å². The highest BCUT2D eigenvalue weighted by molar-refractivity contribution is 5.90. The molecule has 0 spiro atoms. The van der Waals surface area contributed by atoms with Crippen molar-refractivity contribution in [1.29, 1.82) is 0 Å². The van der Waals surface area contributed by atoms with Gasteiger partial charge in [0.15, 0.2) is 0 Å². The molecule has 0 unspecified atom stereocenters. The highest BCUT2D eigenvalue weighted by Crippen LogP contribution is 2.09.